The summed E-state index contributed by atoms with van der Waals surface area (Å²) in [5.41, 5.74) is 6.75. The van der Waals surface area contributed by atoms with Crippen LogP contribution in [0.15, 0.2) is 67.1 Å². The van der Waals surface area contributed by atoms with E-state index in [9.17, 15) is 33.6 Å². The highest BCUT2D eigenvalue weighted by Gasteiger charge is 2.48. The Kier molecular flexibility index (Phi) is 12.6. The van der Waals surface area contributed by atoms with E-state index in [0.29, 0.717) is 58.6 Å². The molecule has 1 aliphatic carbocycles. The van der Waals surface area contributed by atoms with Crippen molar-refractivity contribution in [1.29, 1.82) is 0 Å². The van der Waals surface area contributed by atoms with Crippen molar-refractivity contribution in [2.75, 3.05) is 66.5 Å². The molecule has 3 fully saturated rings. The fraction of sp³-hybridized carbons (Fsp3) is 0.444. The number of ether oxygens (including phenoxy) is 1. The molecule has 4 aromatic heterocycles. The molecule has 1 aromatic carbocycles. The number of aliphatic hydroxyl groups is 1. The van der Waals surface area contributed by atoms with Gasteiger partial charge in [-0.1, -0.05) is 13.8 Å². The van der Waals surface area contributed by atoms with Crippen LogP contribution in [-0.4, -0.2) is 149 Å². The summed E-state index contributed by atoms with van der Waals surface area (Å²) in [6.45, 7) is 11.3. The smallest absolute Gasteiger partial charge is 0.471 e. The molecule has 9 heterocycles. The van der Waals surface area contributed by atoms with Gasteiger partial charge in [0.05, 0.1) is 40.8 Å². The van der Waals surface area contributed by atoms with Gasteiger partial charge in [-0.15, -0.1) is 0 Å². The molecular weight excluding hydrogens is 1010 g/mol. The van der Waals surface area contributed by atoms with Crippen molar-refractivity contribution in [3.05, 3.63) is 101 Å². The quantitative estimate of drug-likeness (QED) is 0.0882. The zero-order valence-corrected chi connectivity index (χ0v) is 44.0. The number of nitrogens with zero attached hydrogens (tertiary/aromatic N) is 10. The van der Waals surface area contributed by atoms with Gasteiger partial charge < -0.3 is 39.3 Å². The van der Waals surface area contributed by atoms with Crippen LogP contribution in [0, 0.1) is 5.41 Å². The number of fused-ring (bicyclic) bond motifs is 4. The van der Waals surface area contributed by atoms with Crippen LogP contribution in [-0.2, 0) is 44.7 Å². The highest BCUT2D eigenvalue weighted by molar-refractivity contribution is 7.46. The fourth-order valence-corrected chi connectivity index (χ4v) is 12.7. The molecule has 5 aliphatic heterocycles. The van der Waals surface area contributed by atoms with Crippen LogP contribution in [0.2, 0.25) is 0 Å². The molecule has 0 bridgehead atoms. The summed E-state index contributed by atoms with van der Waals surface area (Å²) >= 11 is 0. The number of likely N-dealkylation sites (tertiary alicyclic amines) is 1. The average molecular weight is 1080 g/mol. The number of phosphoric acid groups is 1. The summed E-state index contributed by atoms with van der Waals surface area (Å²) < 4.78 is 46.8. The van der Waals surface area contributed by atoms with Gasteiger partial charge in [-0.3, -0.25) is 48.1 Å². The Morgan fingerprint density at radius 2 is 1.62 bits per heavy atom. The van der Waals surface area contributed by atoms with Crippen LogP contribution in [0.3, 0.4) is 0 Å². The van der Waals surface area contributed by atoms with Crippen molar-refractivity contribution in [3.63, 3.8) is 0 Å². The molecule has 23 heteroatoms. The van der Waals surface area contributed by atoms with Crippen LogP contribution in [0.25, 0.3) is 11.1 Å². The number of rotatable bonds is 13. The number of piperidine rings is 2. The zero-order chi connectivity index (χ0) is 56.7. The van der Waals surface area contributed by atoms with E-state index in [0.717, 1.165) is 61.6 Å². The summed E-state index contributed by atoms with van der Waals surface area (Å²) in [5.74, 6) is -2.70. The van der Waals surface area contributed by atoms with Gasteiger partial charge in [0.1, 0.15) is 35.8 Å². The van der Waals surface area contributed by atoms with E-state index in [4.69, 9.17) is 23.6 Å². The molecule has 0 spiro atoms. The number of imide groups is 2. The Hall–Kier alpha value is -7.07. The van der Waals surface area contributed by atoms with Gasteiger partial charge in [0.25, 0.3) is 23.6 Å². The van der Waals surface area contributed by atoms with Gasteiger partial charge in [-0.2, -0.15) is 0 Å². The lowest BCUT2D eigenvalue weighted by molar-refractivity contribution is -0.155. The second kappa shape index (κ2) is 20.1. The number of piperazine rings is 1. The normalized spacial score (nSPS) is 23.4. The first-order chi connectivity index (χ1) is 38.0. The Morgan fingerprint density at radius 3 is 2.36 bits per heavy atom. The number of anilines is 5. The summed E-state index contributed by atoms with van der Waals surface area (Å²) in [7, 11) is -7.84. The third-order valence-corrected chi connectivity index (χ3v) is 16.5. The minimum atomic E-state index is -5.02. The van der Waals surface area contributed by atoms with Crippen LogP contribution < -0.4 is 24.8 Å². The van der Waals surface area contributed by atoms with E-state index < -0.39 is 57.9 Å². The first-order valence-corrected chi connectivity index (χ1v) is 27.4. The minimum absolute atomic E-state index is 0.0647. The zero-order valence-electron chi connectivity index (χ0n) is 46.1. The summed E-state index contributed by atoms with van der Waals surface area (Å²) in [6, 6.07) is 13.3. The van der Waals surface area contributed by atoms with Crippen molar-refractivity contribution >= 4 is 66.1 Å². The third kappa shape index (κ3) is 9.64. The Morgan fingerprint density at radius 1 is 0.831 bits per heavy atom. The van der Waals surface area contributed by atoms with E-state index in [1.165, 1.54) is 17.5 Å². The highest BCUT2D eigenvalue weighted by Crippen LogP contribution is 2.42. The standard InChI is InChI=1S/C54H62N11O11P/c1-31-20-35(13-15-60(31)36-6-8-39-40(23-36)51(69)65(50(39)68)43-9-11-47(67)64(52(43)70)30-76-77(72,73)74)59-16-17-61(32(2)28-59)37-7-10-46(56-27-37)58-42-21-34(26-57-49(42)75-5)38-12-14-55-48(41(38)29-66)63-19-18-62-44(53(63)71)22-33-24-54(3,4)25-45(33)62/h6-8,10,12,14,21-23,26-27,31-32,35,43,66H,9,11,13,15-20,24-25,28-30H2,1-5H3,(H,56,58)(H2,72,73,74)/t31-,32+,35?,43?/m1/s1/i5D3. The van der Waals surface area contributed by atoms with Crippen molar-refractivity contribution in [3.8, 4) is 17.0 Å². The molecule has 404 valence electrons. The Balaban J connectivity index is 0.730. The first kappa shape index (κ1) is 48.3. The number of aromatic nitrogens is 4. The number of hydrogen-bond donors (Lipinski definition) is 4. The predicted octanol–water partition coefficient (Wildman–Crippen LogP) is 5.12. The maximum atomic E-state index is 14.1. The molecule has 2 unspecified atom stereocenters. The molecule has 4 N–H and O–H groups in total. The summed E-state index contributed by atoms with van der Waals surface area (Å²) in [6.07, 6.45) is 7.91. The molecule has 11 rings (SSSR count). The number of carbonyl (C=O) groups excluding carboxylic acids is 5. The van der Waals surface area contributed by atoms with Gasteiger partial charge in [0.15, 0.2) is 0 Å². The van der Waals surface area contributed by atoms with E-state index in [-0.39, 0.29) is 65.0 Å². The number of benzene rings is 1. The number of hydrogen-bond acceptors (Lipinski definition) is 16. The second-order valence-electron chi connectivity index (χ2n) is 21.6. The maximum Gasteiger partial charge on any atom is 0.471 e. The number of pyridine rings is 3. The van der Waals surface area contributed by atoms with Gasteiger partial charge in [-0.05, 0) is 111 Å². The average Bonchev–Trinajstić information content (AvgIpc) is 4.20. The number of nitrogens with one attached hydrogen (secondary N) is 1. The van der Waals surface area contributed by atoms with Crippen molar-refractivity contribution in [2.45, 2.75) is 104 Å². The molecule has 0 radical (unpaired) electrons. The Labute approximate surface area is 449 Å². The number of amides is 5. The van der Waals surface area contributed by atoms with Gasteiger partial charge >= 0.3 is 7.82 Å². The summed E-state index contributed by atoms with van der Waals surface area (Å²) in [5, 5.41) is 14.1. The Bertz CT molecular complexity index is 3390. The van der Waals surface area contributed by atoms with Crippen molar-refractivity contribution < 1.29 is 56.8 Å². The number of phosphoric ester groups is 1. The largest absolute Gasteiger partial charge is 0.480 e. The maximum absolute atomic E-state index is 14.1. The number of carbonyl (C=O) groups is 5. The predicted molar refractivity (Wildman–Crippen MR) is 283 cm³/mol. The topological polar surface area (TPSA) is 257 Å². The molecule has 5 amide bonds. The molecule has 3 saturated heterocycles. The molecule has 0 saturated carbocycles. The van der Waals surface area contributed by atoms with Crippen LogP contribution >= 0.6 is 7.82 Å². The summed E-state index contributed by atoms with van der Waals surface area (Å²) in [4.78, 5) is 109. The fourth-order valence-electron chi connectivity index (χ4n) is 12.4. The number of methoxy groups -OCH3 is 1. The van der Waals surface area contributed by atoms with E-state index in [2.05, 4.69) is 66.8 Å². The van der Waals surface area contributed by atoms with Crippen molar-refractivity contribution in [2.24, 2.45) is 5.41 Å². The molecule has 4 atom stereocenters. The van der Waals surface area contributed by atoms with Gasteiger partial charge in [-0.25, -0.2) is 19.5 Å². The minimum Gasteiger partial charge on any atom is -0.480 e. The number of aliphatic hydroxyl groups excluding tert-OH is 1. The molecule has 5 aromatic rings. The SMILES string of the molecule is [2H]C([2H])([2H])Oc1ncc(-c2ccnc(N3CCn4c(cc5c4CC(C)(C)C5)C3=O)c2CO)cc1Nc1ccc(N2CCN(C3CCN(c4ccc5c(c4)C(=O)N(C4CCC(=O)N(COP(=O)(O)O)C4=O)C5=O)[C@H](C)C3)C[C@@H]2C)cn1. The van der Waals surface area contributed by atoms with E-state index >= 15 is 0 Å². The van der Waals surface area contributed by atoms with E-state index in [1.807, 2.05) is 12.1 Å². The van der Waals surface area contributed by atoms with Gasteiger partial charge in [0.2, 0.25) is 11.8 Å². The van der Waals surface area contributed by atoms with Crippen LogP contribution in [0.4, 0.5) is 28.7 Å². The molecule has 22 nitrogen and oxygen atoms in total. The second-order valence-corrected chi connectivity index (χ2v) is 22.8. The van der Waals surface area contributed by atoms with Gasteiger partial charge in [0, 0.05) is 98.7 Å². The third-order valence-electron chi connectivity index (χ3n) is 16.1. The monoisotopic (exact) mass is 1070 g/mol. The molecule has 77 heavy (non-hydrogen) atoms. The van der Waals surface area contributed by atoms with Crippen LogP contribution in [0.5, 0.6) is 5.88 Å². The molecular formula is C54H62N11O11P. The lowest BCUT2D eigenvalue weighted by Crippen LogP contribution is -2.58. The lowest BCUT2D eigenvalue weighted by Gasteiger charge is -2.48. The van der Waals surface area contributed by atoms with Crippen LogP contribution in [0.1, 0.15) is 106 Å². The highest BCUT2D eigenvalue weighted by atomic mass is 31.2. The lowest BCUT2D eigenvalue weighted by atomic mass is 9.90. The van der Waals surface area contributed by atoms with E-state index in [1.54, 1.807) is 53.7 Å². The molecule has 6 aliphatic rings. The first-order valence-electron chi connectivity index (χ1n) is 27.3. The van der Waals surface area contributed by atoms with Crippen molar-refractivity contribution in [1.82, 2.24) is 34.2 Å².